The summed E-state index contributed by atoms with van der Waals surface area (Å²) in [7, 11) is 1.90. The van der Waals surface area contributed by atoms with Crippen molar-refractivity contribution in [1.82, 2.24) is 9.54 Å². The summed E-state index contributed by atoms with van der Waals surface area (Å²) in [5.74, 6) is 0.592. The van der Waals surface area contributed by atoms with Crippen molar-refractivity contribution in [1.29, 1.82) is 0 Å². The number of amides is 2. The normalized spacial score (nSPS) is 25.6. The van der Waals surface area contributed by atoms with Gasteiger partial charge in [0.2, 0.25) is 11.8 Å². The zero-order valence-corrected chi connectivity index (χ0v) is 16.1. The quantitative estimate of drug-likeness (QED) is 0.758. The number of hydrogen-bond acceptors (Lipinski definition) is 5. The topological polar surface area (TPSA) is 81.9 Å². The number of halogens is 1. The first-order valence-electron chi connectivity index (χ1n) is 9.31. The minimum absolute atomic E-state index is 0.0814. The predicted molar refractivity (Wildman–Crippen MR) is 104 cm³/mol. The molecule has 1 aliphatic carbocycles. The monoisotopic (exact) mass is 389 g/mol. The van der Waals surface area contributed by atoms with Crippen LogP contribution < -0.4 is 16.0 Å². The van der Waals surface area contributed by atoms with Crippen LogP contribution in [0, 0.1) is 11.8 Å². The van der Waals surface area contributed by atoms with Crippen molar-refractivity contribution in [3.8, 4) is 0 Å². The molecule has 0 unspecified atom stereocenters. The Bertz CT molecular complexity index is 803. The molecule has 1 saturated carbocycles. The molecule has 144 valence electrons. The first-order valence-corrected chi connectivity index (χ1v) is 9.65. The second kappa shape index (κ2) is 7.05. The minimum Gasteiger partial charge on any atom is -0.369 e. The summed E-state index contributed by atoms with van der Waals surface area (Å²) in [6.07, 6.45) is 2.77. The average Bonchev–Trinajstić information content (AvgIpc) is 2.85. The predicted octanol–water partition coefficient (Wildman–Crippen LogP) is 2.26. The van der Waals surface area contributed by atoms with E-state index in [2.05, 4.69) is 5.32 Å². The highest BCUT2D eigenvalue weighted by Crippen LogP contribution is 2.38. The van der Waals surface area contributed by atoms with Crippen LogP contribution in [-0.4, -0.2) is 41.5 Å². The minimum atomic E-state index is -0.254. The Morgan fingerprint density at radius 3 is 2.48 bits per heavy atom. The molecule has 2 amide bonds. The molecular formula is C19H24ClN5O2. The maximum Gasteiger partial charge on any atom is 0.230 e. The molecule has 1 fully saturated rings. The smallest absolute Gasteiger partial charge is 0.230 e. The van der Waals surface area contributed by atoms with E-state index < -0.39 is 0 Å². The highest BCUT2D eigenvalue weighted by atomic mass is 35.5. The van der Waals surface area contributed by atoms with Gasteiger partial charge in [0, 0.05) is 36.2 Å². The SMILES string of the molecule is CN1C2=C(CN(C(=O)C3CCC(C(N)=O)CC3)c3ccccc3N2)CN1Cl. The van der Waals surface area contributed by atoms with Gasteiger partial charge in [-0.15, -0.1) is 4.53 Å². The summed E-state index contributed by atoms with van der Waals surface area (Å²) in [6.45, 7) is 1.06. The van der Waals surface area contributed by atoms with E-state index in [1.54, 1.807) is 4.53 Å². The molecule has 2 heterocycles. The van der Waals surface area contributed by atoms with Crippen molar-refractivity contribution < 1.29 is 9.59 Å². The maximum absolute atomic E-state index is 13.4. The molecule has 0 bridgehead atoms. The second-order valence-corrected chi connectivity index (χ2v) is 7.88. The number of nitrogens with two attached hydrogens (primary N) is 1. The van der Waals surface area contributed by atoms with E-state index in [9.17, 15) is 9.59 Å². The lowest BCUT2D eigenvalue weighted by atomic mass is 9.81. The van der Waals surface area contributed by atoms with Crippen LogP contribution in [0.2, 0.25) is 0 Å². The number of nitrogens with zero attached hydrogens (tertiary/aromatic N) is 3. The molecule has 0 spiro atoms. The van der Waals surface area contributed by atoms with Gasteiger partial charge in [-0.2, -0.15) is 0 Å². The summed E-state index contributed by atoms with van der Waals surface area (Å²) >= 11 is 6.27. The Kier molecular flexibility index (Phi) is 4.74. The number of hydrogen-bond donors (Lipinski definition) is 2. The van der Waals surface area contributed by atoms with Gasteiger partial charge in [0.1, 0.15) is 5.82 Å². The molecule has 0 atom stereocenters. The Hall–Kier alpha value is -2.25. The van der Waals surface area contributed by atoms with Crippen molar-refractivity contribution in [3.63, 3.8) is 0 Å². The van der Waals surface area contributed by atoms with Gasteiger partial charge < -0.3 is 16.0 Å². The van der Waals surface area contributed by atoms with Gasteiger partial charge in [-0.1, -0.05) is 12.1 Å². The van der Waals surface area contributed by atoms with Gasteiger partial charge in [0.05, 0.1) is 24.5 Å². The number of hydrazine groups is 1. The number of benzene rings is 1. The third kappa shape index (κ3) is 3.26. The number of carbonyl (C=O) groups excluding carboxylic acids is 2. The number of fused-ring (bicyclic) bond motifs is 1. The Morgan fingerprint density at radius 1 is 1.11 bits per heavy atom. The zero-order chi connectivity index (χ0) is 19.1. The summed E-state index contributed by atoms with van der Waals surface area (Å²) in [5, 5.41) is 5.30. The first-order chi connectivity index (χ1) is 13.0. The van der Waals surface area contributed by atoms with E-state index in [1.807, 2.05) is 41.2 Å². The standard InChI is InChI=1S/C19H24ClN5O2/c1-23-18-14(11-25(23)20)10-24(16-5-3-2-4-15(16)22-18)19(27)13-8-6-12(7-9-13)17(21)26/h2-5,12-13,22H,6-11H2,1H3,(H2,21,26). The number of nitrogens with one attached hydrogen (secondary N) is 1. The highest BCUT2D eigenvalue weighted by Gasteiger charge is 2.37. The summed E-state index contributed by atoms with van der Waals surface area (Å²) in [4.78, 5) is 26.7. The zero-order valence-electron chi connectivity index (χ0n) is 15.3. The summed E-state index contributed by atoms with van der Waals surface area (Å²) < 4.78 is 1.60. The van der Waals surface area contributed by atoms with Crippen LogP contribution in [0.1, 0.15) is 25.7 Å². The lowest BCUT2D eigenvalue weighted by Crippen LogP contribution is -2.40. The first kappa shape index (κ1) is 18.1. The molecule has 0 saturated heterocycles. The van der Waals surface area contributed by atoms with E-state index in [4.69, 9.17) is 17.5 Å². The van der Waals surface area contributed by atoms with E-state index in [0.717, 1.165) is 22.8 Å². The van der Waals surface area contributed by atoms with Crippen LogP contribution >= 0.6 is 11.8 Å². The van der Waals surface area contributed by atoms with Gasteiger partial charge >= 0.3 is 0 Å². The molecule has 7 nitrogen and oxygen atoms in total. The van der Waals surface area contributed by atoms with Crippen molar-refractivity contribution in [2.24, 2.45) is 17.6 Å². The van der Waals surface area contributed by atoms with Gasteiger partial charge in [-0.3, -0.25) is 14.6 Å². The van der Waals surface area contributed by atoms with Crippen LogP contribution in [0.4, 0.5) is 11.4 Å². The van der Waals surface area contributed by atoms with Crippen molar-refractivity contribution in [2.75, 3.05) is 30.4 Å². The Morgan fingerprint density at radius 2 is 1.78 bits per heavy atom. The molecule has 8 heteroatoms. The summed E-state index contributed by atoms with van der Waals surface area (Å²) in [6, 6.07) is 7.83. The molecule has 3 aliphatic rings. The van der Waals surface area contributed by atoms with Crippen LogP contribution in [-0.2, 0) is 9.59 Å². The van der Waals surface area contributed by atoms with Gasteiger partial charge in [0.25, 0.3) is 0 Å². The molecule has 1 aromatic carbocycles. The number of primary amides is 1. The van der Waals surface area contributed by atoms with Crippen LogP contribution in [0.15, 0.2) is 35.7 Å². The lowest BCUT2D eigenvalue weighted by Gasteiger charge is -2.32. The van der Waals surface area contributed by atoms with E-state index in [0.29, 0.717) is 38.8 Å². The second-order valence-electron chi connectivity index (χ2n) is 7.49. The highest BCUT2D eigenvalue weighted by molar-refractivity contribution is 6.13. The van der Waals surface area contributed by atoms with Crippen molar-refractivity contribution in [2.45, 2.75) is 25.7 Å². The number of rotatable bonds is 2. The van der Waals surface area contributed by atoms with Crippen LogP contribution in [0.5, 0.6) is 0 Å². The van der Waals surface area contributed by atoms with E-state index in [-0.39, 0.29) is 23.7 Å². The van der Waals surface area contributed by atoms with Crippen molar-refractivity contribution in [3.05, 3.63) is 35.7 Å². The third-order valence-electron chi connectivity index (χ3n) is 5.85. The van der Waals surface area contributed by atoms with Crippen molar-refractivity contribution >= 4 is 35.0 Å². The van der Waals surface area contributed by atoms with Gasteiger partial charge in [-0.05, 0) is 37.8 Å². The molecule has 2 aliphatic heterocycles. The number of anilines is 2. The molecular weight excluding hydrogens is 366 g/mol. The molecule has 0 aromatic heterocycles. The number of carbonyl (C=O) groups is 2. The number of para-hydroxylation sites is 2. The van der Waals surface area contributed by atoms with Crippen LogP contribution in [0.3, 0.4) is 0 Å². The fourth-order valence-corrected chi connectivity index (χ4v) is 4.45. The Balaban J connectivity index is 1.61. The van der Waals surface area contributed by atoms with E-state index >= 15 is 0 Å². The molecule has 0 radical (unpaired) electrons. The molecule has 4 rings (SSSR count). The maximum atomic E-state index is 13.4. The van der Waals surface area contributed by atoms with Crippen LogP contribution in [0.25, 0.3) is 0 Å². The molecule has 1 aromatic rings. The van der Waals surface area contributed by atoms with E-state index in [1.165, 1.54) is 0 Å². The molecule has 3 N–H and O–H groups in total. The third-order valence-corrected chi connectivity index (χ3v) is 6.19. The fourth-order valence-electron chi connectivity index (χ4n) is 4.23. The molecule has 27 heavy (non-hydrogen) atoms. The lowest BCUT2D eigenvalue weighted by molar-refractivity contribution is -0.127. The Labute approximate surface area is 163 Å². The summed E-state index contributed by atoms with van der Waals surface area (Å²) in [5.41, 5.74) is 8.27. The average molecular weight is 390 g/mol. The fraction of sp³-hybridized carbons (Fsp3) is 0.474. The van der Waals surface area contributed by atoms with Gasteiger partial charge in [0.15, 0.2) is 0 Å². The van der Waals surface area contributed by atoms with Gasteiger partial charge in [-0.25, -0.2) is 0 Å². The largest absolute Gasteiger partial charge is 0.369 e.